The highest BCUT2D eigenvalue weighted by Gasteiger charge is 2.38. The van der Waals surface area contributed by atoms with Crippen LogP contribution in [0.1, 0.15) is 11.4 Å². The van der Waals surface area contributed by atoms with Crippen molar-refractivity contribution in [1.82, 2.24) is 0 Å². The second-order valence-corrected chi connectivity index (χ2v) is 4.93. The summed E-state index contributed by atoms with van der Waals surface area (Å²) < 4.78 is 25.6. The fourth-order valence-corrected chi connectivity index (χ4v) is 2.48. The molecule has 0 fully saturated rings. The zero-order valence-corrected chi connectivity index (χ0v) is 9.21. The Hall–Kier alpha value is -0.610. The van der Waals surface area contributed by atoms with Crippen LogP contribution in [-0.2, 0) is 13.7 Å². The normalized spacial score (nSPS) is 14.7. The molecular formula is C7H9O6P2+. The van der Waals surface area contributed by atoms with Gasteiger partial charge in [0.2, 0.25) is 0 Å². The molecular weight excluding hydrogens is 242 g/mol. The van der Waals surface area contributed by atoms with Crippen LogP contribution in [0.5, 0.6) is 0 Å². The largest absolute Gasteiger partial charge is 0.543 e. The molecule has 3 N–H and O–H groups in total. The first-order valence-electron chi connectivity index (χ1n) is 3.84. The first kappa shape index (κ1) is 12.5. The maximum absolute atomic E-state index is 10.9. The molecule has 2 atom stereocenters. The van der Waals surface area contributed by atoms with Crippen molar-refractivity contribution in [2.45, 2.75) is 5.85 Å². The number of hydrogen-bond acceptors (Lipinski definition) is 3. The van der Waals surface area contributed by atoms with Gasteiger partial charge in [-0.2, -0.15) is 4.89 Å². The monoisotopic (exact) mass is 251 g/mol. The van der Waals surface area contributed by atoms with Crippen molar-refractivity contribution in [2.75, 3.05) is 0 Å². The van der Waals surface area contributed by atoms with Crippen LogP contribution in [-0.4, -0.2) is 14.7 Å². The molecule has 2 unspecified atom stereocenters. The van der Waals surface area contributed by atoms with E-state index in [0.717, 1.165) is 0 Å². The van der Waals surface area contributed by atoms with E-state index in [1.807, 2.05) is 0 Å². The lowest BCUT2D eigenvalue weighted by Crippen LogP contribution is -1.98. The SMILES string of the molecule is O=[P+](O)C(OP(=O)(O)O)c1ccccc1. The molecule has 82 valence electrons. The maximum atomic E-state index is 10.9. The van der Waals surface area contributed by atoms with Crippen molar-refractivity contribution < 1.29 is 28.3 Å². The van der Waals surface area contributed by atoms with Gasteiger partial charge in [0, 0.05) is 5.56 Å². The summed E-state index contributed by atoms with van der Waals surface area (Å²) in [7, 11) is -7.65. The van der Waals surface area contributed by atoms with Gasteiger partial charge in [0.1, 0.15) is 0 Å². The first-order chi connectivity index (χ1) is 6.90. The lowest BCUT2D eigenvalue weighted by atomic mass is 10.2. The van der Waals surface area contributed by atoms with Crippen LogP contribution < -0.4 is 0 Å². The molecule has 8 heteroatoms. The Labute approximate surface area is 86.6 Å². The Kier molecular flexibility index (Phi) is 4.11. The van der Waals surface area contributed by atoms with Crippen LogP contribution in [0, 0.1) is 0 Å². The summed E-state index contributed by atoms with van der Waals surface area (Å²) in [5.74, 6) is -1.51. The summed E-state index contributed by atoms with van der Waals surface area (Å²) in [6, 6.07) is 7.71. The lowest BCUT2D eigenvalue weighted by molar-refractivity contribution is 0.172. The van der Waals surface area contributed by atoms with Crippen LogP contribution in [0.25, 0.3) is 0 Å². The smallest absolute Gasteiger partial charge is 0.303 e. The summed E-state index contributed by atoms with van der Waals surface area (Å²) in [6.45, 7) is 0. The minimum atomic E-state index is -4.78. The van der Waals surface area contributed by atoms with Crippen molar-refractivity contribution in [3.8, 4) is 0 Å². The molecule has 15 heavy (non-hydrogen) atoms. The van der Waals surface area contributed by atoms with Gasteiger partial charge in [0.25, 0.3) is 0 Å². The summed E-state index contributed by atoms with van der Waals surface area (Å²) in [6.07, 6.45) is 0. The molecule has 1 rings (SSSR count). The summed E-state index contributed by atoms with van der Waals surface area (Å²) in [5.41, 5.74) is 0.240. The van der Waals surface area contributed by atoms with Crippen LogP contribution in [0.2, 0.25) is 0 Å². The second kappa shape index (κ2) is 4.94. The number of rotatable bonds is 4. The zero-order chi connectivity index (χ0) is 11.5. The Bertz CT molecular complexity index is 386. The maximum Gasteiger partial charge on any atom is 0.543 e. The Morgan fingerprint density at radius 1 is 1.27 bits per heavy atom. The molecule has 6 nitrogen and oxygen atoms in total. The number of benzene rings is 1. The second-order valence-electron chi connectivity index (χ2n) is 2.66. The average molecular weight is 251 g/mol. The number of phosphoric acid groups is 1. The van der Waals surface area contributed by atoms with E-state index in [0.29, 0.717) is 0 Å². The quantitative estimate of drug-likeness (QED) is 0.701. The van der Waals surface area contributed by atoms with Gasteiger partial charge in [-0.1, -0.05) is 30.3 Å². The van der Waals surface area contributed by atoms with Crippen molar-refractivity contribution in [1.29, 1.82) is 0 Å². The van der Waals surface area contributed by atoms with Gasteiger partial charge in [-0.3, -0.25) is 0 Å². The molecule has 1 aromatic carbocycles. The van der Waals surface area contributed by atoms with Crippen molar-refractivity contribution >= 4 is 15.9 Å². The Balaban J connectivity index is 2.95. The Morgan fingerprint density at radius 2 is 1.80 bits per heavy atom. The van der Waals surface area contributed by atoms with Crippen LogP contribution in [0.3, 0.4) is 0 Å². The third-order valence-corrected chi connectivity index (χ3v) is 2.98. The van der Waals surface area contributed by atoms with E-state index < -0.39 is 21.7 Å². The van der Waals surface area contributed by atoms with Crippen LogP contribution in [0.4, 0.5) is 0 Å². The third-order valence-electron chi connectivity index (χ3n) is 1.52. The van der Waals surface area contributed by atoms with Gasteiger partial charge in [-0.15, -0.1) is 0 Å². The zero-order valence-electron chi connectivity index (χ0n) is 7.42. The van der Waals surface area contributed by atoms with Gasteiger partial charge in [0.15, 0.2) is 0 Å². The van der Waals surface area contributed by atoms with Crippen molar-refractivity contribution in [2.24, 2.45) is 0 Å². The molecule has 0 aliphatic heterocycles. The van der Waals surface area contributed by atoms with Crippen molar-refractivity contribution in [3.05, 3.63) is 35.9 Å². The van der Waals surface area contributed by atoms with Gasteiger partial charge >= 0.3 is 21.7 Å². The molecule has 1 aromatic rings. The third kappa shape index (κ3) is 4.18. The van der Waals surface area contributed by atoms with Gasteiger partial charge in [-0.25, -0.2) is 9.09 Å². The fourth-order valence-electron chi connectivity index (χ4n) is 0.976. The Morgan fingerprint density at radius 3 is 2.20 bits per heavy atom. The molecule has 0 aromatic heterocycles. The minimum absolute atomic E-state index is 0.240. The van der Waals surface area contributed by atoms with E-state index in [1.54, 1.807) is 18.2 Å². The van der Waals surface area contributed by atoms with E-state index in [-0.39, 0.29) is 5.56 Å². The van der Waals surface area contributed by atoms with Gasteiger partial charge < -0.3 is 9.79 Å². The average Bonchev–Trinajstić information content (AvgIpc) is 2.14. The van der Waals surface area contributed by atoms with Crippen molar-refractivity contribution in [3.63, 3.8) is 0 Å². The predicted molar refractivity (Wildman–Crippen MR) is 52.1 cm³/mol. The highest BCUT2D eigenvalue weighted by molar-refractivity contribution is 7.47. The molecule has 0 aliphatic rings. The minimum Gasteiger partial charge on any atom is -0.303 e. The fraction of sp³-hybridized carbons (Fsp3) is 0.143. The molecule has 0 bridgehead atoms. The summed E-state index contributed by atoms with van der Waals surface area (Å²) in [5, 5.41) is 0. The highest BCUT2D eigenvalue weighted by Crippen LogP contribution is 2.50. The first-order valence-corrected chi connectivity index (χ1v) is 6.65. The molecule has 0 heterocycles. The van der Waals surface area contributed by atoms with E-state index in [1.165, 1.54) is 12.1 Å². The lowest BCUT2D eigenvalue weighted by Gasteiger charge is -2.07. The molecule has 0 saturated carbocycles. The highest BCUT2D eigenvalue weighted by atomic mass is 31.2. The number of hydrogen-bond donors (Lipinski definition) is 3. The van der Waals surface area contributed by atoms with Gasteiger partial charge in [0.05, 0.1) is 0 Å². The summed E-state index contributed by atoms with van der Waals surface area (Å²) in [4.78, 5) is 26.0. The molecule has 0 spiro atoms. The molecule has 0 saturated heterocycles. The molecule has 0 amide bonds. The van der Waals surface area contributed by atoms with Crippen LogP contribution >= 0.6 is 15.9 Å². The predicted octanol–water partition coefficient (Wildman–Crippen LogP) is 1.53. The van der Waals surface area contributed by atoms with E-state index in [4.69, 9.17) is 14.7 Å². The molecule has 0 aliphatic carbocycles. The van der Waals surface area contributed by atoms with Crippen LogP contribution in [0.15, 0.2) is 30.3 Å². The van der Waals surface area contributed by atoms with E-state index >= 15 is 0 Å². The standard InChI is InChI=1S/C7H8O6P2/c8-14(9)7(13-15(10,11)12)6-4-2-1-3-5-6/h1-5,7H,(H2-,8,9,10,11,12)/p+1. The van der Waals surface area contributed by atoms with E-state index in [9.17, 15) is 9.13 Å². The van der Waals surface area contributed by atoms with Gasteiger partial charge in [-0.05, 0) is 4.57 Å². The number of phosphoric ester groups is 1. The summed E-state index contributed by atoms with van der Waals surface area (Å²) >= 11 is 0. The van der Waals surface area contributed by atoms with E-state index in [2.05, 4.69) is 4.52 Å². The molecule has 0 radical (unpaired) electrons. The topological polar surface area (TPSA) is 104 Å².